The van der Waals surface area contributed by atoms with Gasteiger partial charge in [0.05, 0.1) is 10.6 Å². The molecule has 4 aromatic rings. The Morgan fingerprint density at radius 1 is 0.778 bits per heavy atom. The van der Waals surface area contributed by atoms with Gasteiger partial charge in [-0.25, -0.2) is 8.42 Å². The molecule has 45 heavy (non-hydrogen) atoms. The number of nitrogens with zero attached hydrogens (tertiary/aromatic N) is 2. The zero-order valence-electron chi connectivity index (χ0n) is 25.9. The molecule has 1 atom stereocenters. The summed E-state index contributed by atoms with van der Waals surface area (Å²) in [7, 11) is -4.13. The van der Waals surface area contributed by atoms with Crippen molar-refractivity contribution in [1.29, 1.82) is 0 Å². The van der Waals surface area contributed by atoms with Gasteiger partial charge < -0.3 is 10.2 Å². The number of anilines is 1. The predicted octanol–water partition coefficient (Wildman–Crippen LogP) is 6.20. The molecular weight excluding hydrogens is 582 g/mol. The van der Waals surface area contributed by atoms with E-state index in [-0.39, 0.29) is 23.4 Å². The van der Waals surface area contributed by atoms with Crippen LogP contribution in [0.15, 0.2) is 114 Å². The zero-order chi connectivity index (χ0) is 31.8. The third-order valence-electron chi connectivity index (χ3n) is 8.62. The number of aryl methyl sites for hydroxylation is 1. The smallest absolute Gasteiger partial charge is 0.264 e. The van der Waals surface area contributed by atoms with Gasteiger partial charge >= 0.3 is 0 Å². The molecule has 0 radical (unpaired) electrons. The third-order valence-corrected chi connectivity index (χ3v) is 10.4. The minimum Gasteiger partial charge on any atom is -0.352 e. The molecule has 4 aromatic carbocycles. The number of sulfonamides is 1. The van der Waals surface area contributed by atoms with E-state index in [0.29, 0.717) is 12.1 Å². The SMILES string of the molecule is Cc1cccc(N(CC(=O)N(Cc2ccccc2)[C@@H](Cc2ccccc2)C(=O)NC2CCCC2)S(=O)(=O)c2ccccc2)c1C. The molecule has 0 spiro atoms. The van der Waals surface area contributed by atoms with E-state index < -0.39 is 28.5 Å². The summed E-state index contributed by atoms with van der Waals surface area (Å²) in [6.45, 7) is 3.47. The maximum absolute atomic E-state index is 14.6. The zero-order valence-corrected chi connectivity index (χ0v) is 26.7. The van der Waals surface area contributed by atoms with E-state index in [4.69, 9.17) is 0 Å². The van der Waals surface area contributed by atoms with Gasteiger partial charge in [-0.2, -0.15) is 0 Å². The molecule has 0 unspecified atom stereocenters. The fraction of sp³-hybridized carbons (Fsp3) is 0.297. The van der Waals surface area contributed by atoms with Gasteiger partial charge in [-0.3, -0.25) is 13.9 Å². The van der Waals surface area contributed by atoms with Crippen LogP contribution in [0, 0.1) is 13.8 Å². The molecule has 1 aliphatic carbocycles. The van der Waals surface area contributed by atoms with Crippen LogP contribution >= 0.6 is 0 Å². The predicted molar refractivity (Wildman–Crippen MR) is 178 cm³/mol. The molecular formula is C37H41N3O4S. The minimum atomic E-state index is -4.13. The first kappa shape index (κ1) is 32.0. The lowest BCUT2D eigenvalue weighted by Crippen LogP contribution is -2.54. The molecule has 1 fully saturated rings. The van der Waals surface area contributed by atoms with Gasteiger partial charge in [-0.05, 0) is 67.1 Å². The second-order valence-corrected chi connectivity index (χ2v) is 13.6. The summed E-state index contributed by atoms with van der Waals surface area (Å²) >= 11 is 0. The molecule has 234 valence electrons. The second-order valence-electron chi connectivity index (χ2n) is 11.7. The Morgan fingerprint density at radius 3 is 1.98 bits per heavy atom. The Morgan fingerprint density at radius 2 is 1.36 bits per heavy atom. The van der Waals surface area contributed by atoms with Gasteiger partial charge in [0.1, 0.15) is 12.6 Å². The molecule has 0 aliphatic heterocycles. The van der Waals surface area contributed by atoms with E-state index in [1.807, 2.05) is 80.6 Å². The number of amides is 2. The van der Waals surface area contributed by atoms with Crippen LogP contribution in [0.4, 0.5) is 5.69 Å². The molecule has 7 nitrogen and oxygen atoms in total. The lowest BCUT2D eigenvalue weighted by molar-refractivity contribution is -0.140. The molecule has 1 aliphatic rings. The molecule has 0 bridgehead atoms. The summed E-state index contributed by atoms with van der Waals surface area (Å²) < 4.78 is 29.6. The van der Waals surface area contributed by atoms with E-state index in [0.717, 1.165) is 47.9 Å². The number of nitrogens with one attached hydrogen (secondary N) is 1. The number of hydrogen-bond donors (Lipinski definition) is 1. The van der Waals surface area contributed by atoms with Crippen LogP contribution in [-0.4, -0.2) is 43.8 Å². The Balaban J connectivity index is 1.57. The van der Waals surface area contributed by atoms with Crippen molar-refractivity contribution in [3.05, 3.63) is 131 Å². The van der Waals surface area contributed by atoms with Gasteiger partial charge in [0.15, 0.2) is 0 Å². The minimum absolute atomic E-state index is 0.0642. The Labute approximate surface area is 266 Å². The monoisotopic (exact) mass is 623 g/mol. The Hall–Kier alpha value is -4.43. The van der Waals surface area contributed by atoms with E-state index in [1.165, 1.54) is 16.4 Å². The highest BCUT2D eigenvalue weighted by Crippen LogP contribution is 2.29. The number of hydrogen-bond acceptors (Lipinski definition) is 4. The third kappa shape index (κ3) is 7.81. The van der Waals surface area contributed by atoms with E-state index in [2.05, 4.69) is 5.32 Å². The molecule has 2 amide bonds. The van der Waals surface area contributed by atoms with E-state index in [1.54, 1.807) is 35.2 Å². The van der Waals surface area contributed by atoms with Crippen LogP contribution in [0.3, 0.4) is 0 Å². The highest BCUT2D eigenvalue weighted by molar-refractivity contribution is 7.92. The van der Waals surface area contributed by atoms with Crippen LogP contribution in [0.2, 0.25) is 0 Å². The standard InChI is InChI=1S/C37H41N3O4S/c1-28-15-14-24-34(29(28)2)40(45(43,44)33-22-10-5-11-23-33)27-36(41)39(26-31-18-8-4-9-19-31)35(25-30-16-6-3-7-17-30)37(42)38-32-20-12-13-21-32/h3-11,14-19,22-24,32,35H,12-13,20-21,25-27H2,1-2H3,(H,38,42)/t35-/m0/s1. The van der Waals surface area contributed by atoms with Crippen molar-refractivity contribution in [2.75, 3.05) is 10.8 Å². The summed E-state index contributed by atoms with van der Waals surface area (Å²) in [5.74, 6) is -0.680. The largest absolute Gasteiger partial charge is 0.352 e. The van der Waals surface area contributed by atoms with Gasteiger partial charge in [0, 0.05) is 19.0 Å². The quantitative estimate of drug-likeness (QED) is 0.204. The first-order chi connectivity index (χ1) is 21.7. The topological polar surface area (TPSA) is 86.8 Å². The number of carbonyl (C=O) groups excluding carboxylic acids is 2. The Kier molecular flexibility index (Phi) is 10.4. The van der Waals surface area contributed by atoms with Crippen molar-refractivity contribution >= 4 is 27.5 Å². The van der Waals surface area contributed by atoms with E-state index in [9.17, 15) is 18.0 Å². The fourth-order valence-electron chi connectivity index (χ4n) is 5.94. The summed E-state index contributed by atoms with van der Waals surface area (Å²) in [6, 6.07) is 32.0. The molecule has 1 N–H and O–H groups in total. The van der Waals surface area contributed by atoms with Gasteiger partial charge in [-0.1, -0.05) is 104 Å². The van der Waals surface area contributed by atoms with Crippen molar-refractivity contribution in [3.8, 4) is 0 Å². The number of rotatable bonds is 12. The van der Waals surface area contributed by atoms with E-state index >= 15 is 0 Å². The molecule has 0 aromatic heterocycles. The van der Waals surface area contributed by atoms with Crippen molar-refractivity contribution in [2.24, 2.45) is 0 Å². The molecule has 8 heteroatoms. The maximum Gasteiger partial charge on any atom is 0.264 e. The Bertz CT molecular complexity index is 1690. The van der Waals surface area contributed by atoms with Gasteiger partial charge in [0.25, 0.3) is 10.0 Å². The molecule has 5 rings (SSSR count). The van der Waals surface area contributed by atoms with Crippen molar-refractivity contribution in [1.82, 2.24) is 10.2 Å². The second kappa shape index (κ2) is 14.6. The molecule has 0 heterocycles. The molecule has 1 saturated carbocycles. The summed E-state index contributed by atoms with van der Waals surface area (Å²) in [5, 5.41) is 3.21. The summed E-state index contributed by atoms with van der Waals surface area (Å²) in [6.07, 6.45) is 4.23. The number of carbonyl (C=O) groups is 2. The first-order valence-corrected chi connectivity index (χ1v) is 17.0. The van der Waals surface area contributed by atoms with Gasteiger partial charge in [-0.15, -0.1) is 0 Å². The van der Waals surface area contributed by atoms with Crippen molar-refractivity contribution in [3.63, 3.8) is 0 Å². The first-order valence-electron chi connectivity index (χ1n) is 15.6. The summed E-state index contributed by atoms with van der Waals surface area (Å²) in [5.41, 5.74) is 3.87. The lowest BCUT2D eigenvalue weighted by Gasteiger charge is -2.34. The van der Waals surface area contributed by atoms with Crippen LogP contribution in [0.25, 0.3) is 0 Å². The van der Waals surface area contributed by atoms with Crippen molar-refractivity contribution < 1.29 is 18.0 Å². The van der Waals surface area contributed by atoms with Crippen LogP contribution < -0.4 is 9.62 Å². The normalized spacial score (nSPS) is 14.1. The van der Waals surface area contributed by atoms with Crippen LogP contribution in [0.1, 0.15) is 47.9 Å². The lowest BCUT2D eigenvalue weighted by atomic mass is 10.0. The van der Waals surface area contributed by atoms with Gasteiger partial charge in [0.2, 0.25) is 11.8 Å². The maximum atomic E-state index is 14.6. The summed E-state index contributed by atoms with van der Waals surface area (Å²) in [4.78, 5) is 30.3. The van der Waals surface area contributed by atoms with Crippen molar-refractivity contribution in [2.45, 2.75) is 69.5 Å². The highest BCUT2D eigenvalue weighted by atomic mass is 32.2. The highest BCUT2D eigenvalue weighted by Gasteiger charge is 2.36. The molecule has 0 saturated heterocycles. The average molecular weight is 624 g/mol. The van der Waals surface area contributed by atoms with Crippen LogP contribution in [-0.2, 0) is 32.6 Å². The van der Waals surface area contributed by atoms with Crippen LogP contribution in [0.5, 0.6) is 0 Å². The number of benzene rings is 4. The average Bonchev–Trinajstić information content (AvgIpc) is 3.57. The fourth-order valence-corrected chi connectivity index (χ4v) is 7.43.